The van der Waals surface area contributed by atoms with Crippen LogP contribution < -0.4 is 4.72 Å². The fraction of sp³-hybridized carbons (Fsp3) is 0.250. The molecule has 0 aromatic heterocycles. The topological polar surface area (TPSA) is 66.4 Å². The predicted molar refractivity (Wildman–Crippen MR) is 82.3 cm³/mol. The molecule has 0 amide bonds. The van der Waals surface area contributed by atoms with Crippen LogP contribution in [-0.2, 0) is 23.2 Å². The first kappa shape index (κ1) is 15.7. The van der Waals surface area contributed by atoms with Crippen LogP contribution in [0.25, 0.3) is 0 Å². The van der Waals surface area contributed by atoms with Crippen LogP contribution in [0.15, 0.2) is 47.4 Å². The molecule has 2 rings (SSSR count). The van der Waals surface area contributed by atoms with E-state index in [4.69, 9.17) is 5.11 Å². The average Bonchev–Trinajstić information content (AvgIpc) is 2.46. The molecule has 2 aromatic rings. The van der Waals surface area contributed by atoms with Crippen molar-refractivity contribution in [3.05, 3.63) is 64.7 Å². The third-order valence-electron chi connectivity index (χ3n) is 3.27. The van der Waals surface area contributed by atoms with Gasteiger partial charge in [0.1, 0.15) is 0 Å². The summed E-state index contributed by atoms with van der Waals surface area (Å²) in [5.41, 5.74) is 3.24. The van der Waals surface area contributed by atoms with E-state index in [-0.39, 0.29) is 18.0 Å². The summed E-state index contributed by atoms with van der Waals surface area (Å²) in [4.78, 5) is 0.210. The maximum absolute atomic E-state index is 12.4. The number of benzene rings is 2. The van der Waals surface area contributed by atoms with Gasteiger partial charge in [0.25, 0.3) is 0 Å². The molecule has 0 unspecified atom stereocenters. The average molecular weight is 305 g/mol. The molecule has 0 aliphatic carbocycles. The van der Waals surface area contributed by atoms with E-state index in [1.807, 2.05) is 31.2 Å². The number of hydrogen-bond acceptors (Lipinski definition) is 3. The summed E-state index contributed by atoms with van der Waals surface area (Å²) in [6, 6.07) is 12.6. The molecule has 0 spiro atoms. The van der Waals surface area contributed by atoms with Crippen LogP contribution in [0.1, 0.15) is 22.3 Å². The van der Waals surface area contributed by atoms with Crippen LogP contribution in [0.5, 0.6) is 0 Å². The van der Waals surface area contributed by atoms with E-state index in [1.165, 1.54) is 6.07 Å². The van der Waals surface area contributed by atoms with Gasteiger partial charge in [-0.1, -0.05) is 42.0 Å². The minimum absolute atomic E-state index is 0.180. The number of nitrogens with one attached hydrogen (secondary N) is 1. The molecule has 0 atom stereocenters. The van der Waals surface area contributed by atoms with Gasteiger partial charge in [0.05, 0.1) is 11.5 Å². The zero-order valence-corrected chi connectivity index (χ0v) is 12.9. The summed E-state index contributed by atoms with van der Waals surface area (Å²) in [6.45, 7) is 3.77. The highest BCUT2D eigenvalue weighted by molar-refractivity contribution is 7.89. The lowest BCUT2D eigenvalue weighted by atomic mass is 10.1. The van der Waals surface area contributed by atoms with Crippen molar-refractivity contribution in [2.45, 2.75) is 31.9 Å². The summed E-state index contributed by atoms with van der Waals surface area (Å²) in [5.74, 6) is 0. The summed E-state index contributed by atoms with van der Waals surface area (Å²) < 4.78 is 27.4. The van der Waals surface area contributed by atoms with Crippen molar-refractivity contribution in [3.8, 4) is 0 Å². The second-order valence-corrected chi connectivity index (χ2v) is 6.81. The van der Waals surface area contributed by atoms with E-state index in [2.05, 4.69) is 4.72 Å². The molecule has 112 valence electrons. The Morgan fingerprint density at radius 2 is 1.81 bits per heavy atom. The monoisotopic (exact) mass is 305 g/mol. The molecule has 4 nitrogen and oxygen atoms in total. The van der Waals surface area contributed by atoms with Gasteiger partial charge in [-0.25, -0.2) is 13.1 Å². The van der Waals surface area contributed by atoms with E-state index in [0.717, 1.165) is 11.1 Å². The highest BCUT2D eigenvalue weighted by Gasteiger charge is 2.17. The summed E-state index contributed by atoms with van der Waals surface area (Å²) in [5, 5.41) is 9.14. The van der Waals surface area contributed by atoms with Gasteiger partial charge in [0.2, 0.25) is 10.0 Å². The van der Waals surface area contributed by atoms with Crippen LogP contribution >= 0.6 is 0 Å². The number of sulfonamides is 1. The molecule has 0 bridgehead atoms. The van der Waals surface area contributed by atoms with Gasteiger partial charge in [-0.2, -0.15) is 0 Å². The van der Waals surface area contributed by atoms with Gasteiger partial charge in [0.15, 0.2) is 0 Å². The molecule has 0 aliphatic heterocycles. The molecule has 0 radical (unpaired) electrons. The van der Waals surface area contributed by atoms with Gasteiger partial charge in [0, 0.05) is 6.54 Å². The first-order valence-electron chi connectivity index (χ1n) is 6.68. The zero-order valence-electron chi connectivity index (χ0n) is 12.1. The molecule has 2 aromatic carbocycles. The van der Waals surface area contributed by atoms with Crippen molar-refractivity contribution in [1.29, 1.82) is 0 Å². The molecule has 0 fully saturated rings. The van der Waals surface area contributed by atoms with E-state index in [1.54, 1.807) is 19.1 Å². The molecule has 0 aliphatic rings. The first-order chi connectivity index (χ1) is 9.92. The van der Waals surface area contributed by atoms with Crippen molar-refractivity contribution in [2.75, 3.05) is 0 Å². The molecule has 0 saturated heterocycles. The Balaban J connectivity index is 2.22. The van der Waals surface area contributed by atoms with Gasteiger partial charge < -0.3 is 5.11 Å². The summed E-state index contributed by atoms with van der Waals surface area (Å²) in [7, 11) is -3.60. The standard InChI is InChI=1S/C16H19NO3S/c1-12-4-3-5-14(8-12)10-17-21(19,20)16-9-15(11-18)7-6-13(16)2/h3-9,17-18H,10-11H2,1-2H3. The Labute approximate surface area is 125 Å². The van der Waals surface area contributed by atoms with Crippen molar-refractivity contribution < 1.29 is 13.5 Å². The van der Waals surface area contributed by atoms with E-state index >= 15 is 0 Å². The molecular weight excluding hydrogens is 286 g/mol. The van der Waals surface area contributed by atoms with Gasteiger partial charge in [-0.05, 0) is 36.6 Å². The minimum atomic E-state index is -3.60. The highest BCUT2D eigenvalue weighted by atomic mass is 32.2. The number of hydrogen-bond donors (Lipinski definition) is 2. The lowest BCUT2D eigenvalue weighted by Crippen LogP contribution is -2.24. The van der Waals surface area contributed by atoms with Crippen LogP contribution in [0.2, 0.25) is 0 Å². The Morgan fingerprint density at radius 3 is 2.48 bits per heavy atom. The molecule has 5 heteroatoms. The highest BCUT2D eigenvalue weighted by Crippen LogP contribution is 2.17. The second kappa shape index (κ2) is 6.39. The van der Waals surface area contributed by atoms with Gasteiger partial charge >= 0.3 is 0 Å². The third kappa shape index (κ3) is 3.91. The number of aliphatic hydroxyl groups is 1. The van der Waals surface area contributed by atoms with Crippen molar-refractivity contribution in [3.63, 3.8) is 0 Å². The maximum atomic E-state index is 12.4. The van der Waals surface area contributed by atoms with Crippen LogP contribution in [0.4, 0.5) is 0 Å². The summed E-state index contributed by atoms with van der Waals surface area (Å²) in [6.07, 6.45) is 0. The number of aryl methyl sites for hydroxylation is 2. The number of aliphatic hydroxyl groups excluding tert-OH is 1. The molecule has 21 heavy (non-hydrogen) atoms. The quantitative estimate of drug-likeness (QED) is 0.890. The summed E-state index contributed by atoms with van der Waals surface area (Å²) >= 11 is 0. The molecule has 0 heterocycles. The van der Waals surface area contributed by atoms with Crippen LogP contribution in [0.3, 0.4) is 0 Å². The fourth-order valence-electron chi connectivity index (χ4n) is 2.11. The SMILES string of the molecule is Cc1cccc(CNS(=O)(=O)c2cc(CO)ccc2C)c1. The van der Waals surface area contributed by atoms with Crippen LogP contribution in [0, 0.1) is 13.8 Å². The smallest absolute Gasteiger partial charge is 0.241 e. The maximum Gasteiger partial charge on any atom is 0.241 e. The normalized spacial score (nSPS) is 11.6. The van der Waals surface area contributed by atoms with Crippen molar-refractivity contribution in [1.82, 2.24) is 4.72 Å². The number of rotatable bonds is 5. The van der Waals surface area contributed by atoms with Gasteiger partial charge in [-0.15, -0.1) is 0 Å². The van der Waals surface area contributed by atoms with Gasteiger partial charge in [-0.3, -0.25) is 0 Å². The van der Waals surface area contributed by atoms with E-state index in [0.29, 0.717) is 11.1 Å². The fourth-order valence-corrected chi connectivity index (χ4v) is 3.42. The Bertz CT molecular complexity index is 739. The van der Waals surface area contributed by atoms with Crippen LogP contribution in [-0.4, -0.2) is 13.5 Å². The Hall–Kier alpha value is -1.69. The molecular formula is C16H19NO3S. The van der Waals surface area contributed by atoms with E-state index < -0.39 is 10.0 Å². The predicted octanol–water partition coefficient (Wildman–Crippen LogP) is 2.27. The van der Waals surface area contributed by atoms with Crippen molar-refractivity contribution in [2.24, 2.45) is 0 Å². The second-order valence-electron chi connectivity index (χ2n) is 5.07. The Morgan fingerprint density at radius 1 is 1.05 bits per heavy atom. The first-order valence-corrected chi connectivity index (χ1v) is 8.16. The molecule has 0 saturated carbocycles. The van der Waals surface area contributed by atoms with E-state index in [9.17, 15) is 8.42 Å². The third-order valence-corrected chi connectivity index (χ3v) is 4.82. The zero-order chi connectivity index (χ0) is 15.5. The van der Waals surface area contributed by atoms with Crippen molar-refractivity contribution >= 4 is 10.0 Å². The molecule has 2 N–H and O–H groups in total. The minimum Gasteiger partial charge on any atom is -0.392 e. The Kier molecular flexibility index (Phi) is 4.77. The lowest BCUT2D eigenvalue weighted by molar-refractivity contribution is 0.281. The largest absolute Gasteiger partial charge is 0.392 e. The lowest BCUT2D eigenvalue weighted by Gasteiger charge is -2.11.